The van der Waals surface area contributed by atoms with Gasteiger partial charge in [-0.25, -0.2) is 4.39 Å². The van der Waals surface area contributed by atoms with E-state index >= 15 is 0 Å². The number of rotatable bonds is 5. The third kappa shape index (κ3) is 3.96. The van der Waals surface area contributed by atoms with Crippen molar-refractivity contribution in [2.45, 2.75) is 26.3 Å². The molecule has 3 heterocycles. The number of benzene rings is 2. The van der Waals surface area contributed by atoms with Gasteiger partial charge >= 0.3 is 0 Å². The summed E-state index contributed by atoms with van der Waals surface area (Å²) in [6.45, 7) is 8.38. The molecule has 0 aliphatic carbocycles. The van der Waals surface area contributed by atoms with Crippen molar-refractivity contribution in [3.63, 3.8) is 0 Å². The van der Waals surface area contributed by atoms with Crippen LogP contribution in [0.5, 0.6) is 0 Å². The van der Waals surface area contributed by atoms with Crippen molar-refractivity contribution in [1.29, 1.82) is 0 Å². The van der Waals surface area contributed by atoms with Gasteiger partial charge in [0.2, 0.25) is 5.76 Å². The number of hydrogen-bond acceptors (Lipinski definition) is 5. The molecule has 0 saturated carbocycles. The number of ether oxygens (including phenoxy) is 1. The van der Waals surface area contributed by atoms with Gasteiger partial charge in [-0.3, -0.25) is 14.5 Å². The lowest BCUT2D eigenvalue weighted by Gasteiger charge is -2.29. The molecule has 2 aliphatic rings. The summed E-state index contributed by atoms with van der Waals surface area (Å²) in [6.07, 6.45) is 0.753. The van der Waals surface area contributed by atoms with Gasteiger partial charge in [0, 0.05) is 26.2 Å². The van der Waals surface area contributed by atoms with Crippen LogP contribution in [0.4, 0.5) is 4.39 Å². The number of halogens is 1. The largest absolute Gasteiger partial charge is 0.450 e. The lowest BCUT2D eigenvalue weighted by molar-refractivity contribution is 0.0353. The molecule has 33 heavy (non-hydrogen) atoms. The van der Waals surface area contributed by atoms with Gasteiger partial charge in [0.25, 0.3) is 5.91 Å². The second-order valence-corrected chi connectivity index (χ2v) is 8.87. The summed E-state index contributed by atoms with van der Waals surface area (Å²) in [4.78, 5) is 31.1. The van der Waals surface area contributed by atoms with Gasteiger partial charge in [-0.1, -0.05) is 12.1 Å². The Morgan fingerprint density at radius 3 is 2.42 bits per heavy atom. The van der Waals surface area contributed by atoms with E-state index in [0.29, 0.717) is 28.6 Å². The lowest BCUT2D eigenvalue weighted by Crippen LogP contribution is -2.38. The maximum absolute atomic E-state index is 13.6. The Labute approximate surface area is 191 Å². The van der Waals surface area contributed by atoms with Crippen molar-refractivity contribution in [3.05, 3.63) is 80.5 Å². The minimum absolute atomic E-state index is 0.0939. The Bertz CT molecular complexity index is 1260. The third-order valence-electron chi connectivity index (χ3n) is 6.74. The number of fused-ring (bicyclic) bond motifs is 2. The van der Waals surface area contributed by atoms with E-state index in [1.807, 2.05) is 26.0 Å². The predicted molar refractivity (Wildman–Crippen MR) is 123 cm³/mol. The number of morpholine rings is 1. The molecule has 172 valence electrons. The van der Waals surface area contributed by atoms with E-state index in [2.05, 4.69) is 4.90 Å². The van der Waals surface area contributed by atoms with Crippen LogP contribution in [0.3, 0.4) is 0 Å². The zero-order valence-electron chi connectivity index (χ0n) is 18.9. The molecule has 1 aromatic heterocycles. The number of amides is 1. The summed E-state index contributed by atoms with van der Waals surface area (Å²) in [5, 5.41) is 0.465. The average Bonchev–Trinajstić information content (AvgIpc) is 3.09. The van der Waals surface area contributed by atoms with Gasteiger partial charge < -0.3 is 14.1 Å². The Morgan fingerprint density at radius 1 is 1.00 bits per heavy atom. The van der Waals surface area contributed by atoms with Crippen molar-refractivity contribution < 1.29 is 18.3 Å². The zero-order valence-corrected chi connectivity index (χ0v) is 18.9. The second-order valence-electron chi connectivity index (χ2n) is 8.87. The van der Waals surface area contributed by atoms with Gasteiger partial charge in [0.1, 0.15) is 11.4 Å². The standard InChI is InChI=1S/C26H27FN2O4/c1-16-14-20-21(15-17(16)2)33-25-22(24(20)30)23(18-4-6-19(27)7-5-18)29(26(25)31)9-3-8-28-10-12-32-13-11-28/h4-7,14-15,23H,3,8-13H2,1-2H3/t23-/m1/s1. The van der Waals surface area contributed by atoms with Crippen LogP contribution in [0.1, 0.15) is 45.3 Å². The first-order valence-electron chi connectivity index (χ1n) is 11.4. The molecule has 0 N–H and O–H groups in total. The molecular weight excluding hydrogens is 423 g/mol. The zero-order chi connectivity index (χ0) is 23.1. The van der Waals surface area contributed by atoms with Gasteiger partial charge in [0.05, 0.1) is 30.2 Å². The summed E-state index contributed by atoms with van der Waals surface area (Å²) >= 11 is 0. The topological polar surface area (TPSA) is 63.0 Å². The molecular formula is C26H27FN2O4. The van der Waals surface area contributed by atoms with E-state index in [1.54, 1.807) is 17.0 Å². The van der Waals surface area contributed by atoms with E-state index in [0.717, 1.165) is 50.4 Å². The minimum Gasteiger partial charge on any atom is -0.450 e. The van der Waals surface area contributed by atoms with Crippen LogP contribution >= 0.6 is 0 Å². The first kappa shape index (κ1) is 21.8. The Morgan fingerprint density at radius 2 is 1.70 bits per heavy atom. The summed E-state index contributed by atoms with van der Waals surface area (Å²) in [5.41, 5.74) is 3.24. The summed E-state index contributed by atoms with van der Waals surface area (Å²) in [7, 11) is 0. The molecule has 0 unspecified atom stereocenters. The molecule has 2 aromatic carbocycles. The molecule has 0 bridgehead atoms. The monoisotopic (exact) mass is 450 g/mol. The normalized spacial score (nSPS) is 18.8. The molecule has 0 radical (unpaired) electrons. The Balaban J connectivity index is 1.55. The van der Waals surface area contributed by atoms with E-state index < -0.39 is 6.04 Å². The highest BCUT2D eigenvalue weighted by atomic mass is 19.1. The Kier molecular flexibility index (Phi) is 5.76. The van der Waals surface area contributed by atoms with Crippen LogP contribution in [0.2, 0.25) is 0 Å². The van der Waals surface area contributed by atoms with Crippen molar-refractivity contribution in [3.8, 4) is 0 Å². The van der Waals surface area contributed by atoms with E-state index in [9.17, 15) is 14.0 Å². The predicted octanol–water partition coefficient (Wildman–Crippen LogP) is 3.82. The fourth-order valence-electron chi connectivity index (χ4n) is 4.79. The second kappa shape index (κ2) is 8.72. The molecule has 2 aliphatic heterocycles. The molecule has 5 rings (SSSR count). The van der Waals surface area contributed by atoms with Crippen LogP contribution in [0.15, 0.2) is 45.6 Å². The van der Waals surface area contributed by atoms with E-state index in [1.165, 1.54) is 12.1 Å². The average molecular weight is 451 g/mol. The number of nitrogens with zero attached hydrogens (tertiary/aromatic N) is 2. The van der Waals surface area contributed by atoms with Crippen LogP contribution in [0, 0.1) is 19.7 Å². The van der Waals surface area contributed by atoms with Crippen molar-refractivity contribution in [1.82, 2.24) is 9.80 Å². The third-order valence-corrected chi connectivity index (χ3v) is 6.74. The van der Waals surface area contributed by atoms with Gasteiger partial charge in [-0.2, -0.15) is 0 Å². The van der Waals surface area contributed by atoms with Crippen LogP contribution in [-0.2, 0) is 4.74 Å². The molecule has 7 heteroatoms. The number of carbonyl (C=O) groups is 1. The fraction of sp³-hybridized carbons (Fsp3) is 0.385. The molecule has 0 spiro atoms. The first-order chi connectivity index (χ1) is 15.9. The van der Waals surface area contributed by atoms with Gasteiger partial charge in [-0.15, -0.1) is 0 Å². The van der Waals surface area contributed by atoms with Crippen molar-refractivity contribution in [2.24, 2.45) is 0 Å². The molecule has 1 amide bonds. The summed E-state index contributed by atoms with van der Waals surface area (Å²) < 4.78 is 25.1. The fourth-order valence-corrected chi connectivity index (χ4v) is 4.79. The SMILES string of the molecule is Cc1cc2oc3c(c(=O)c2cc1C)[C@@H](c1ccc(F)cc1)N(CCCN1CCOCC1)C3=O. The molecule has 1 saturated heterocycles. The molecule has 6 nitrogen and oxygen atoms in total. The highest BCUT2D eigenvalue weighted by molar-refractivity contribution is 5.99. The van der Waals surface area contributed by atoms with Gasteiger partial charge in [0.15, 0.2) is 5.43 Å². The Hall–Kier alpha value is -3.03. The van der Waals surface area contributed by atoms with Gasteiger partial charge in [-0.05, 0) is 61.2 Å². The highest BCUT2D eigenvalue weighted by Gasteiger charge is 2.42. The molecule has 1 fully saturated rings. The molecule has 3 aromatic rings. The molecule has 1 atom stereocenters. The van der Waals surface area contributed by atoms with Crippen molar-refractivity contribution >= 4 is 16.9 Å². The summed E-state index contributed by atoms with van der Waals surface area (Å²) in [5.74, 6) is -0.561. The van der Waals surface area contributed by atoms with Crippen LogP contribution in [-0.4, -0.2) is 55.1 Å². The maximum atomic E-state index is 13.6. The van der Waals surface area contributed by atoms with Crippen molar-refractivity contribution in [2.75, 3.05) is 39.4 Å². The number of hydrogen-bond donors (Lipinski definition) is 0. The summed E-state index contributed by atoms with van der Waals surface area (Å²) in [6, 6.07) is 9.04. The number of aryl methyl sites for hydroxylation is 2. The smallest absolute Gasteiger partial charge is 0.290 e. The lowest BCUT2D eigenvalue weighted by atomic mass is 9.97. The first-order valence-corrected chi connectivity index (χ1v) is 11.4. The van der Waals surface area contributed by atoms with Crippen LogP contribution in [0.25, 0.3) is 11.0 Å². The quantitative estimate of drug-likeness (QED) is 0.592. The highest BCUT2D eigenvalue weighted by Crippen LogP contribution is 2.38. The minimum atomic E-state index is -0.597. The van der Waals surface area contributed by atoms with Crippen LogP contribution < -0.4 is 5.43 Å². The number of carbonyl (C=O) groups excluding carboxylic acids is 1. The van der Waals surface area contributed by atoms with E-state index in [4.69, 9.17) is 9.15 Å². The van der Waals surface area contributed by atoms with E-state index in [-0.39, 0.29) is 22.9 Å². The maximum Gasteiger partial charge on any atom is 0.290 e.